The van der Waals surface area contributed by atoms with Gasteiger partial charge in [-0.15, -0.1) is 0 Å². The van der Waals surface area contributed by atoms with Crippen molar-refractivity contribution in [3.8, 4) is 0 Å². The minimum atomic E-state index is -0.639. The monoisotopic (exact) mass is 229 g/mol. The summed E-state index contributed by atoms with van der Waals surface area (Å²) in [6, 6.07) is 0. The Balaban J connectivity index is 2.00. The number of hydrogen-bond donors (Lipinski definition) is 1. The van der Waals surface area contributed by atoms with Crippen molar-refractivity contribution in [3.63, 3.8) is 0 Å². The summed E-state index contributed by atoms with van der Waals surface area (Å²) in [6.45, 7) is 2.21. The van der Waals surface area contributed by atoms with Crippen LogP contribution >= 0.6 is 11.8 Å². The molecule has 0 bridgehead atoms. The summed E-state index contributed by atoms with van der Waals surface area (Å²) in [5.41, 5.74) is 0.000833. The molecule has 0 unspecified atom stereocenters. The Hall–Kier alpha value is -0.220. The van der Waals surface area contributed by atoms with Crippen LogP contribution in [0.15, 0.2) is 0 Å². The van der Waals surface area contributed by atoms with Gasteiger partial charge >= 0.3 is 5.97 Å². The van der Waals surface area contributed by atoms with Crippen molar-refractivity contribution in [1.29, 1.82) is 0 Å². The van der Waals surface area contributed by atoms with Crippen LogP contribution in [0.3, 0.4) is 0 Å². The third-order valence-electron chi connectivity index (χ3n) is 3.50. The van der Waals surface area contributed by atoms with Gasteiger partial charge in [0, 0.05) is 17.0 Å². The smallest absolute Gasteiger partial charge is 0.305 e. The third kappa shape index (κ3) is 2.48. The molecule has 0 aromatic carbocycles. The van der Waals surface area contributed by atoms with Gasteiger partial charge in [0.15, 0.2) is 0 Å². The predicted molar refractivity (Wildman–Crippen MR) is 62.3 cm³/mol. The molecule has 86 valence electrons. The number of carboxylic acid groups (broad SMARTS) is 1. The van der Waals surface area contributed by atoms with Gasteiger partial charge in [0.2, 0.25) is 0 Å². The summed E-state index contributed by atoms with van der Waals surface area (Å²) in [5, 5.41) is 8.98. The lowest BCUT2D eigenvalue weighted by atomic mass is 9.96. The first-order valence-corrected chi connectivity index (χ1v) is 6.93. The maximum Gasteiger partial charge on any atom is 0.305 e. The topological polar surface area (TPSA) is 40.5 Å². The van der Waals surface area contributed by atoms with Gasteiger partial charge in [-0.1, -0.05) is 12.8 Å². The average molecular weight is 229 g/mol. The normalized spacial score (nSPS) is 26.7. The highest BCUT2D eigenvalue weighted by Crippen LogP contribution is 2.39. The summed E-state index contributed by atoms with van der Waals surface area (Å²) in [4.78, 5) is 13.3. The van der Waals surface area contributed by atoms with Crippen LogP contribution in [0.25, 0.3) is 0 Å². The van der Waals surface area contributed by atoms with Crippen LogP contribution in [0.1, 0.15) is 32.1 Å². The summed E-state index contributed by atoms with van der Waals surface area (Å²) in [6.07, 6.45) is 5.44. The predicted octanol–water partition coefficient (Wildman–Crippen LogP) is 1.82. The molecule has 0 aromatic rings. The minimum absolute atomic E-state index is 0.000833. The number of hydrogen-bond acceptors (Lipinski definition) is 3. The fraction of sp³-hybridized carbons (Fsp3) is 0.909. The van der Waals surface area contributed by atoms with Gasteiger partial charge in [-0.3, -0.25) is 9.69 Å². The molecule has 0 radical (unpaired) electrons. The second kappa shape index (κ2) is 4.74. The summed E-state index contributed by atoms with van der Waals surface area (Å²) in [7, 11) is 0. The molecule has 1 N–H and O–H groups in total. The van der Waals surface area contributed by atoms with Gasteiger partial charge in [0.25, 0.3) is 0 Å². The van der Waals surface area contributed by atoms with E-state index < -0.39 is 5.97 Å². The number of carbonyl (C=O) groups is 1. The molecular formula is C11H19NO2S. The average Bonchev–Trinajstić information content (AvgIpc) is 2.39. The highest BCUT2D eigenvalue weighted by atomic mass is 32.2. The molecule has 4 heteroatoms. The highest BCUT2D eigenvalue weighted by molar-refractivity contribution is 8.00. The van der Waals surface area contributed by atoms with Gasteiger partial charge in [-0.2, -0.15) is 11.8 Å². The fourth-order valence-electron chi connectivity index (χ4n) is 2.56. The molecule has 0 saturated carbocycles. The van der Waals surface area contributed by atoms with Gasteiger partial charge in [0.1, 0.15) is 0 Å². The number of thioether (sulfide) groups is 1. The van der Waals surface area contributed by atoms with E-state index in [9.17, 15) is 4.79 Å². The Bertz CT molecular complexity index is 233. The molecular weight excluding hydrogens is 210 g/mol. The van der Waals surface area contributed by atoms with Crippen LogP contribution < -0.4 is 0 Å². The fourth-order valence-corrected chi connectivity index (χ4v) is 3.81. The van der Waals surface area contributed by atoms with E-state index in [1.165, 1.54) is 25.7 Å². The van der Waals surface area contributed by atoms with E-state index in [1.54, 1.807) is 0 Å². The van der Waals surface area contributed by atoms with Crippen molar-refractivity contribution in [2.24, 2.45) is 0 Å². The first-order valence-electron chi connectivity index (χ1n) is 5.78. The quantitative estimate of drug-likeness (QED) is 0.801. The van der Waals surface area contributed by atoms with Gasteiger partial charge in [-0.25, -0.2) is 0 Å². The van der Waals surface area contributed by atoms with Crippen LogP contribution in [0.4, 0.5) is 0 Å². The van der Waals surface area contributed by atoms with Crippen LogP contribution in [0.5, 0.6) is 0 Å². The molecule has 0 atom stereocenters. The summed E-state index contributed by atoms with van der Waals surface area (Å²) < 4.78 is 0. The van der Waals surface area contributed by atoms with E-state index in [2.05, 4.69) is 4.90 Å². The number of rotatable bonds is 3. The standard InChI is InChI=1S/C11H19NO2S/c13-10(14)7-11(8-15-9-11)12-5-3-1-2-4-6-12/h1-9H2,(H,13,14). The van der Waals surface area contributed by atoms with E-state index >= 15 is 0 Å². The Morgan fingerprint density at radius 1 is 1.20 bits per heavy atom. The summed E-state index contributed by atoms with van der Waals surface area (Å²) >= 11 is 1.88. The molecule has 0 amide bonds. The zero-order valence-corrected chi connectivity index (χ0v) is 9.89. The van der Waals surface area contributed by atoms with E-state index in [1.807, 2.05) is 11.8 Å². The zero-order valence-electron chi connectivity index (χ0n) is 9.07. The molecule has 2 fully saturated rings. The van der Waals surface area contributed by atoms with Crippen LogP contribution in [0.2, 0.25) is 0 Å². The van der Waals surface area contributed by atoms with Crippen LogP contribution in [0, 0.1) is 0 Å². The lowest BCUT2D eigenvalue weighted by Crippen LogP contribution is -2.59. The van der Waals surface area contributed by atoms with E-state index in [4.69, 9.17) is 5.11 Å². The highest BCUT2D eigenvalue weighted by Gasteiger charge is 2.44. The summed E-state index contributed by atoms with van der Waals surface area (Å²) in [5.74, 6) is 1.39. The molecule has 0 aromatic heterocycles. The van der Waals surface area contributed by atoms with Crippen molar-refractivity contribution < 1.29 is 9.90 Å². The molecule has 2 aliphatic heterocycles. The lowest BCUT2D eigenvalue weighted by Gasteiger charge is -2.48. The minimum Gasteiger partial charge on any atom is -0.481 e. The molecule has 2 aliphatic rings. The number of aliphatic carboxylic acids is 1. The first kappa shape index (κ1) is 11.3. The molecule has 15 heavy (non-hydrogen) atoms. The number of carboxylic acids is 1. The van der Waals surface area contributed by atoms with E-state index in [-0.39, 0.29) is 5.54 Å². The van der Waals surface area contributed by atoms with Crippen molar-refractivity contribution in [2.45, 2.75) is 37.6 Å². The SMILES string of the molecule is O=C(O)CC1(N2CCCCCC2)CSC1. The number of likely N-dealkylation sites (tertiary alicyclic amines) is 1. The Kier molecular flexibility index (Phi) is 3.57. The van der Waals surface area contributed by atoms with Gasteiger partial charge in [0.05, 0.1) is 6.42 Å². The first-order chi connectivity index (χ1) is 7.23. The van der Waals surface area contributed by atoms with Crippen molar-refractivity contribution >= 4 is 17.7 Å². The Labute approximate surface area is 95.2 Å². The van der Waals surface area contributed by atoms with E-state index in [0.717, 1.165) is 24.6 Å². The second-order valence-corrected chi connectivity index (χ2v) is 5.67. The van der Waals surface area contributed by atoms with Crippen molar-refractivity contribution in [1.82, 2.24) is 4.90 Å². The zero-order chi connectivity index (χ0) is 10.7. The lowest BCUT2D eigenvalue weighted by molar-refractivity contribution is -0.139. The Morgan fingerprint density at radius 3 is 2.20 bits per heavy atom. The van der Waals surface area contributed by atoms with Crippen LogP contribution in [-0.4, -0.2) is 46.1 Å². The molecule has 3 nitrogen and oxygen atoms in total. The third-order valence-corrected chi connectivity index (χ3v) is 4.98. The molecule has 0 spiro atoms. The molecule has 2 rings (SSSR count). The van der Waals surface area contributed by atoms with Gasteiger partial charge in [-0.05, 0) is 25.9 Å². The number of nitrogens with zero attached hydrogens (tertiary/aromatic N) is 1. The van der Waals surface area contributed by atoms with E-state index in [0.29, 0.717) is 6.42 Å². The van der Waals surface area contributed by atoms with Gasteiger partial charge < -0.3 is 5.11 Å². The van der Waals surface area contributed by atoms with Crippen molar-refractivity contribution in [2.75, 3.05) is 24.6 Å². The largest absolute Gasteiger partial charge is 0.481 e. The molecule has 2 heterocycles. The molecule has 0 aliphatic carbocycles. The maximum absolute atomic E-state index is 10.9. The molecule has 2 saturated heterocycles. The second-order valence-electron chi connectivity index (χ2n) is 4.69. The Morgan fingerprint density at radius 2 is 1.80 bits per heavy atom. The van der Waals surface area contributed by atoms with Crippen molar-refractivity contribution in [3.05, 3.63) is 0 Å². The maximum atomic E-state index is 10.9. The van der Waals surface area contributed by atoms with Crippen LogP contribution in [-0.2, 0) is 4.79 Å².